The number of hydrogen-bond donors (Lipinski definition) is 2. The molecule has 2 heterocycles. The molecule has 33 heavy (non-hydrogen) atoms. The molecule has 0 radical (unpaired) electrons. The van der Waals surface area contributed by atoms with Gasteiger partial charge in [-0.05, 0) is 25.5 Å². The van der Waals surface area contributed by atoms with Gasteiger partial charge in [-0.3, -0.25) is 9.59 Å². The summed E-state index contributed by atoms with van der Waals surface area (Å²) in [4.78, 5) is 39.3. The van der Waals surface area contributed by atoms with Gasteiger partial charge in [0.1, 0.15) is 24.3 Å². The molecule has 1 atom stereocenters. The Bertz CT molecular complexity index is 1120. The van der Waals surface area contributed by atoms with Crippen LogP contribution in [0.4, 0.5) is 10.9 Å². The third-order valence-corrected chi connectivity index (χ3v) is 5.71. The summed E-state index contributed by atoms with van der Waals surface area (Å²) in [7, 11) is 1.55. The third kappa shape index (κ3) is 6.59. The normalized spacial score (nSPS) is 11.4. The zero-order valence-electron chi connectivity index (χ0n) is 18.7. The van der Waals surface area contributed by atoms with Crippen molar-refractivity contribution in [3.8, 4) is 16.3 Å². The van der Waals surface area contributed by atoms with Crippen LogP contribution in [0.25, 0.3) is 10.4 Å². The molecule has 2 N–H and O–H groups in total. The first-order valence-corrected chi connectivity index (χ1v) is 11.1. The third-order valence-electron chi connectivity index (χ3n) is 4.75. The van der Waals surface area contributed by atoms with E-state index in [2.05, 4.69) is 32.2 Å². The first-order valence-electron chi connectivity index (χ1n) is 10.3. The molecule has 3 aromatic rings. The van der Waals surface area contributed by atoms with Gasteiger partial charge >= 0.3 is 0 Å². The van der Waals surface area contributed by atoms with Gasteiger partial charge in [-0.2, -0.15) is 4.98 Å². The van der Waals surface area contributed by atoms with Crippen LogP contribution in [-0.2, 0) is 9.59 Å². The van der Waals surface area contributed by atoms with Crippen LogP contribution in [0.3, 0.4) is 0 Å². The van der Waals surface area contributed by atoms with Gasteiger partial charge in [0.15, 0.2) is 5.13 Å². The highest BCUT2D eigenvalue weighted by atomic mass is 32.1. The number of hydrogen-bond acceptors (Lipinski definition) is 8. The van der Waals surface area contributed by atoms with E-state index in [1.165, 1.54) is 22.3 Å². The largest absolute Gasteiger partial charge is 0.476 e. The predicted molar refractivity (Wildman–Crippen MR) is 129 cm³/mol. The average molecular weight is 467 g/mol. The van der Waals surface area contributed by atoms with E-state index in [-0.39, 0.29) is 25.0 Å². The summed E-state index contributed by atoms with van der Waals surface area (Å²) in [6.07, 6.45) is 2.99. The number of aromatic nitrogens is 3. The number of ether oxygens (including phenoxy) is 1. The van der Waals surface area contributed by atoms with Crippen molar-refractivity contribution in [3.05, 3.63) is 61.1 Å². The molecule has 0 fully saturated rings. The van der Waals surface area contributed by atoms with Crippen LogP contribution < -0.4 is 15.4 Å². The van der Waals surface area contributed by atoms with Gasteiger partial charge in [0.05, 0.1) is 11.4 Å². The van der Waals surface area contributed by atoms with Crippen LogP contribution in [0.2, 0.25) is 0 Å². The van der Waals surface area contributed by atoms with E-state index in [1.807, 2.05) is 36.5 Å². The molecule has 9 nitrogen and oxygen atoms in total. The second-order valence-electron chi connectivity index (χ2n) is 7.13. The average Bonchev–Trinajstić information content (AvgIpc) is 3.28. The molecular formula is C23H26N6O3S. The molecule has 172 valence electrons. The fraction of sp³-hybridized carbons (Fsp3) is 0.261. The van der Waals surface area contributed by atoms with Gasteiger partial charge < -0.3 is 20.3 Å². The molecule has 0 spiro atoms. The Morgan fingerprint density at radius 2 is 2.03 bits per heavy atom. The molecule has 0 bridgehead atoms. The summed E-state index contributed by atoms with van der Waals surface area (Å²) >= 11 is 1.52. The number of nitrogens with zero attached hydrogens (tertiary/aromatic N) is 4. The number of carbonyl (C=O) groups is 2. The van der Waals surface area contributed by atoms with Crippen LogP contribution in [-0.4, -0.2) is 57.9 Å². The minimum Gasteiger partial charge on any atom is -0.476 e. The van der Waals surface area contributed by atoms with Crippen LogP contribution in [0, 0.1) is 6.92 Å². The molecular weight excluding hydrogens is 440 g/mol. The Morgan fingerprint density at radius 3 is 2.76 bits per heavy atom. The van der Waals surface area contributed by atoms with Crippen molar-refractivity contribution < 1.29 is 14.3 Å². The maximum absolute atomic E-state index is 12.2. The number of aryl methyl sites for hydroxylation is 1. The van der Waals surface area contributed by atoms with Crippen molar-refractivity contribution in [1.82, 2.24) is 25.2 Å². The summed E-state index contributed by atoms with van der Waals surface area (Å²) in [6, 6.07) is 11.1. The maximum atomic E-state index is 12.2. The molecule has 1 aromatic carbocycles. The number of nitrogens with one attached hydrogen (secondary N) is 2. The van der Waals surface area contributed by atoms with Crippen LogP contribution >= 0.6 is 11.3 Å². The zero-order chi connectivity index (χ0) is 23.8. The van der Waals surface area contributed by atoms with Gasteiger partial charge in [-0.15, -0.1) is 0 Å². The number of amides is 2. The molecule has 2 amide bonds. The summed E-state index contributed by atoms with van der Waals surface area (Å²) < 4.78 is 5.68. The van der Waals surface area contributed by atoms with Crippen LogP contribution in [0.15, 0.2) is 55.3 Å². The summed E-state index contributed by atoms with van der Waals surface area (Å²) in [5, 5.41) is 6.63. The van der Waals surface area contributed by atoms with Gasteiger partial charge in [-0.25, -0.2) is 9.97 Å². The second kappa shape index (κ2) is 11.2. The molecule has 0 saturated carbocycles. The highest BCUT2D eigenvalue weighted by molar-refractivity contribution is 7.18. The van der Waals surface area contributed by atoms with E-state index in [4.69, 9.17) is 4.74 Å². The molecule has 0 aliphatic carbocycles. The lowest BCUT2D eigenvalue weighted by molar-refractivity contribution is -0.135. The van der Waals surface area contributed by atoms with Crippen molar-refractivity contribution in [2.24, 2.45) is 0 Å². The number of likely N-dealkylation sites (N-methyl/N-ethyl adjacent to an activating group) is 1. The predicted octanol–water partition coefficient (Wildman–Crippen LogP) is 3.18. The Hall–Kier alpha value is -3.79. The first kappa shape index (κ1) is 23.9. The Labute approximate surface area is 196 Å². The quantitative estimate of drug-likeness (QED) is 0.349. The van der Waals surface area contributed by atoms with Gasteiger partial charge in [0, 0.05) is 19.3 Å². The molecule has 0 saturated heterocycles. The number of thiazole rings is 1. The maximum Gasteiger partial charge on any atom is 0.246 e. The van der Waals surface area contributed by atoms with Crippen molar-refractivity contribution >= 4 is 34.1 Å². The molecule has 0 aliphatic rings. The number of anilines is 2. The van der Waals surface area contributed by atoms with Crippen LogP contribution in [0.5, 0.6) is 5.88 Å². The second-order valence-corrected chi connectivity index (χ2v) is 8.16. The van der Waals surface area contributed by atoms with Crippen molar-refractivity contribution in [1.29, 1.82) is 0 Å². The first-order chi connectivity index (χ1) is 15.9. The monoisotopic (exact) mass is 466 g/mol. The van der Waals surface area contributed by atoms with Crippen molar-refractivity contribution in [3.63, 3.8) is 0 Å². The molecule has 2 aromatic heterocycles. The Kier molecular flexibility index (Phi) is 8.09. The number of benzene rings is 1. The minimum absolute atomic E-state index is 0.211. The number of rotatable bonds is 10. The van der Waals surface area contributed by atoms with E-state index in [0.717, 1.165) is 10.4 Å². The fourth-order valence-electron chi connectivity index (χ4n) is 2.84. The molecule has 3 rings (SSSR count). The standard InChI is InChI=1S/C23H26N6O3S/c1-5-21(30)29(4)15(2)22(31)24-11-12-32-20-13-19(26-16(3)27-20)28-23-25-14-18(33-23)17-9-7-6-8-10-17/h5-10,13-15H,1,11-12H2,2-4H3,(H,24,31)(H,25,26,27,28). The van der Waals surface area contributed by atoms with E-state index >= 15 is 0 Å². The Balaban J connectivity index is 1.53. The molecule has 1 unspecified atom stereocenters. The van der Waals surface area contributed by atoms with Crippen molar-refractivity contribution in [2.75, 3.05) is 25.5 Å². The highest BCUT2D eigenvalue weighted by Crippen LogP contribution is 2.30. The van der Waals surface area contributed by atoms with Crippen molar-refractivity contribution in [2.45, 2.75) is 19.9 Å². The number of carbonyl (C=O) groups excluding carboxylic acids is 2. The lowest BCUT2D eigenvalue weighted by atomic mass is 10.2. The minimum atomic E-state index is -0.619. The van der Waals surface area contributed by atoms with E-state index in [0.29, 0.717) is 22.7 Å². The Morgan fingerprint density at radius 1 is 1.27 bits per heavy atom. The lowest BCUT2D eigenvalue weighted by Crippen LogP contribution is -2.46. The topological polar surface area (TPSA) is 109 Å². The molecule has 10 heteroatoms. The summed E-state index contributed by atoms with van der Waals surface area (Å²) in [5.74, 6) is 0.883. The van der Waals surface area contributed by atoms with E-state index < -0.39 is 6.04 Å². The SMILES string of the molecule is C=CC(=O)N(C)C(C)C(=O)NCCOc1cc(Nc2ncc(-c3ccccc3)s2)nc(C)n1. The van der Waals surface area contributed by atoms with Gasteiger partial charge in [0.25, 0.3) is 0 Å². The van der Waals surface area contributed by atoms with Gasteiger partial charge in [0.2, 0.25) is 17.7 Å². The molecule has 0 aliphatic heterocycles. The fourth-order valence-corrected chi connectivity index (χ4v) is 3.67. The highest BCUT2D eigenvalue weighted by Gasteiger charge is 2.20. The summed E-state index contributed by atoms with van der Waals surface area (Å²) in [6.45, 7) is 7.31. The smallest absolute Gasteiger partial charge is 0.246 e. The van der Waals surface area contributed by atoms with Crippen LogP contribution in [0.1, 0.15) is 12.7 Å². The van der Waals surface area contributed by atoms with Gasteiger partial charge in [-0.1, -0.05) is 48.2 Å². The zero-order valence-corrected chi connectivity index (χ0v) is 19.6. The summed E-state index contributed by atoms with van der Waals surface area (Å²) in [5.41, 5.74) is 1.10. The van der Waals surface area contributed by atoms with E-state index in [9.17, 15) is 9.59 Å². The van der Waals surface area contributed by atoms with E-state index in [1.54, 1.807) is 27.0 Å². The lowest BCUT2D eigenvalue weighted by Gasteiger charge is -2.22.